The van der Waals surface area contributed by atoms with Crippen molar-refractivity contribution in [1.29, 1.82) is 0 Å². The Hall–Kier alpha value is 0.0238. The molecule has 5 heteroatoms. The largest absolute Gasteiger partial charge is 0.414 e. The van der Waals surface area contributed by atoms with Crippen LogP contribution in [0.1, 0.15) is 114 Å². The Morgan fingerprint density at radius 1 is 0.711 bits per heavy atom. The highest BCUT2D eigenvalue weighted by Crippen LogP contribution is 2.68. The van der Waals surface area contributed by atoms with E-state index in [1.807, 2.05) is 6.92 Å². The highest BCUT2D eigenvalue weighted by molar-refractivity contribution is 6.74. The lowest BCUT2D eigenvalue weighted by Gasteiger charge is -2.64. The number of carbonyl (C=O) groups excluding carboxylic acids is 1. The Kier molecular flexibility index (Phi) is 7.99. The van der Waals surface area contributed by atoms with Crippen LogP contribution in [-0.2, 0) is 13.6 Å². The molecule has 4 aliphatic carbocycles. The minimum atomic E-state index is -1.93. The third kappa shape index (κ3) is 5.11. The molecule has 0 aromatic rings. The Balaban J connectivity index is 1.67. The molecule has 0 aromatic heterocycles. The van der Waals surface area contributed by atoms with Gasteiger partial charge in [-0.2, -0.15) is 0 Å². The maximum absolute atomic E-state index is 12.7. The number of hydrogen-bond donors (Lipinski definition) is 0. The lowest BCUT2D eigenvalue weighted by molar-refractivity contribution is -0.167. The third-order valence-corrected chi connectivity index (χ3v) is 22.7. The summed E-state index contributed by atoms with van der Waals surface area (Å²) in [6.07, 6.45) is 10.4. The number of ketones is 1. The molecule has 0 N–H and O–H groups in total. The molecule has 220 valence electrons. The topological polar surface area (TPSA) is 35.5 Å². The van der Waals surface area contributed by atoms with Gasteiger partial charge in [-0.3, -0.25) is 4.79 Å². The highest BCUT2D eigenvalue weighted by Gasteiger charge is 2.63. The zero-order valence-electron chi connectivity index (χ0n) is 27.4. The van der Waals surface area contributed by atoms with Crippen molar-refractivity contribution < 1.29 is 13.6 Å². The van der Waals surface area contributed by atoms with E-state index >= 15 is 0 Å². The van der Waals surface area contributed by atoms with Gasteiger partial charge in [-0.05, 0) is 129 Å². The first kappa shape index (κ1) is 31.0. The van der Waals surface area contributed by atoms with Crippen molar-refractivity contribution in [2.24, 2.45) is 40.4 Å². The zero-order valence-corrected chi connectivity index (χ0v) is 29.4. The standard InChI is InChI=1S/C33H62O3Si2/c1-22(34)25-14-15-26-24-21-29(36-38(12,13)31(5,6)7)28-20-23(35-37(10,11)30(2,3)4)16-18-33(28,9)27(24)17-19-32(25,26)8/h23-29H,14-21H2,1-13H3/t23-,24-,25+,26-,27-,28+,29-,32+,33+/m0/s1. The molecule has 0 aliphatic heterocycles. The number of hydrogen-bond acceptors (Lipinski definition) is 3. The molecular formula is C33H62O3Si2. The monoisotopic (exact) mass is 562 g/mol. The van der Waals surface area contributed by atoms with Gasteiger partial charge in [0.05, 0.1) is 0 Å². The van der Waals surface area contributed by atoms with Crippen molar-refractivity contribution in [3.8, 4) is 0 Å². The van der Waals surface area contributed by atoms with Crippen molar-refractivity contribution in [1.82, 2.24) is 0 Å². The summed E-state index contributed by atoms with van der Waals surface area (Å²) in [6, 6.07) is 0. The molecule has 9 atom stereocenters. The van der Waals surface area contributed by atoms with Crippen LogP contribution >= 0.6 is 0 Å². The second kappa shape index (κ2) is 9.80. The second-order valence-electron chi connectivity index (χ2n) is 17.7. The molecule has 4 saturated carbocycles. The Morgan fingerprint density at radius 2 is 1.24 bits per heavy atom. The van der Waals surface area contributed by atoms with E-state index < -0.39 is 16.6 Å². The summed E-state index contributed by atoms with van der Waals surface area (Å²) in [7, 11) is -3.74. The molecule has 38 heavy (non-hydrogen) atoms. The van der Waals surface area contributed by atoms with Crippen molar-refractivity contribution in [3.63, 3.8) is 0 Å². The van der Waals surface area contributed by atoms with E-state index in [1.165, 1.54) is 44.9 Å². The van der Waals surface area contributed by atoms with Crippen LogP contribution in [0.15, 0.2) is 0 Å². The summed E-state index contributed by atoms with van der Waals surface area (Å²) in [4.78, 5) is 12.7. The highest BCUT2D eigenvalue weighted by atomic mass is 28.4. The molecule has 0 unspecified atom stereocenters. The van der Waals surface area contributed by atoms with Gasteiger partial charge in [0, 0.05) is 18.1 Å². The maximum atomic E-state index is 12.7. The van der Waals surface area contributed by atoms with Crippen LogP contribution in [0.25, 0.3) is 0 Å². The summed E-state index contributed by atoms with van der Waals surface area (Å²) in [5, 5.41) is 0.451. The van der Waals surface area contributed by atoms with Gasteiger partial charge in [0.15, 0.2) is 16.6 Å². The lowest BCUT2D eigenvalue weighted by Crippen LogP contribution is -2.61. The maximum Gasteiger partial charge on any atom is 0.192 e. The summed E-state index contributed by atoms with van der Waals surface area (Å²) >= 11 is 0. The fourth-order valence-corrected chi connectivity index (χ4v) is 12.1. The average molecular weight is 563 g/mol. The minimum absolute atomic E-state index is 0.195. The van der Waals surface area contributed by atoms with Crippen molar-refractivity contribution in [2.45, 2.75) is 162 Å². The van der Waals surface area contributed by atoms with E-state index in [2.05, 4.69) is 81.6 Å². The van der Waals surface area contributed by atoms with Crippen LogP contribution in [0.5, 0.6) is 0 Å². The molecule has 0 heterocycles. The van der Waals surface area contributed by atoms with Crippen molar-refractivity contribution in [3.05, 3.63) is 0 Å². The normalized spacial score (nSPS) is 42.3. The Bertz CT molecular complexity index is 899. The first-order valence-electron chi connectivity index (χ1n) is 16.0. The molecule has 4 aliphatic rings. The number of fused-ring (bicyclic) bond motifs is 5. The van der Waals surface area contributed by atoms with E-state index in [1.54, 1.807) is 0 Å². The summed E-state index contributed by atoms with van der Waals surface area (Å²) < 4.78 is 14.6. The summed E-state index contributed by atoms with van der Waals surface area (Å²) in [5.41, 5.74) is 0.513. The Labute approximate surface area is 238 Å². The number of Topliss-reactive ketones (excluding diaryl/α,β-unsaturated/α-hetero) is 1. The quantitative estimate of drug-likeness (QED) is 0.313. The van der Waals surface area contributed by atoms with Gasteiger partial charge >= 0.3 is 0 Å². The van der Waals surface area contributed by atoms with Crippen LogP contribution in [-0.4, -0.2) is 34.6 Å². The predicted octanol–water partition coefficient (Wildman–Crippen LogP) is 9.62. The predicted molar refractivity (Wildman–Crippen MR) is 165 cm³/mol. The zero-order chi connectivity index (χ0) is 28.7. The van der Waals surface area contributed by atoms with Crippen LogP contribution in [0.3, 0.4) is 0 Å². The molecule has 4 fully saturated rings. The molecular weight excluding hydrogens is 501 g/mol. The SMILES string of the molecule is CC(=O)[C@H]1CC[C@H]2[C@@H]3C[C@H](O[Si](C)(C)C(C)(C)C)[C@H]4C[C@@H](O[Si](C)(C)C(C)(C)C)CC[C@]4(C)[C@H]3CC[C@]12C. The van der Waals surface area contributed by atoms with Gasteiger partial charge < -0.3 is 8.85 Å². The van der Waals surface area contributed by atoms with Crippen LogP contribution in [0.4, 0.5) is 0 Å². The molecule has 0 amide bonds. The van der Waals surface area contributed by atoms with Crippen LogP contribution in [0.2, 0.25) is 36.3 Å². The van der Waals surface area contributed by atoms with E-state index in [0.717, 1.165) is 12.3 Å². The van der Waals surface area contributed by atoms with Crippen molar-refractivity contribution >= 4 is 22.4 Å². The minimum Gasteiger partial charge on any atom is -0.414 e. The van der Waals surface area contributed by atoms with Gasteiger partial charge in [0.25, 0.3) is 0 Å². The summed E-state index contributed by atoms with van der Waals surface area (Å²) in [6.45, 7) is 31.0. The number of rotatable bonds is 5. The molecule has 0 radical (unpaired) electrons. The molecule has 0 bridgehead atoms. The number of carbonyl (C=O) groups is 1. The first-order valence-corrected chi connectivity index (χ1v) is 21.8. The molecule has 0 aromatic carbocycles. The molecule has 4 rings (SSSR count). The van der Waals surface area contributed by atoms with Crippen molar-refractivity contribution in [2.75, 3.05) is 0 Å². The van der Waals surface area contributed by atoms with Crippen LogP contribution < -0.4 is 0 Å². The fraction of sp³-hybridized carbons (Fsp3) is 0.970. The summed E-state index contributed by atoms with van der Waals surface area (Å²) in [5.74, 6) is 3.44. The van der Waals surface area contributed by atoms with Gasteiger partial charge in [-0.1, -0.05) is 55.4 Å². The van der Waals surface area contributed by atoms with Gasteiger partial charge in [-0.15, -0.1) is 0 Å². The first-order chi connectivity index (χ1) is 17.1. The average Bonchev–Trinajstić information content (AvgIpc) is 3.10. The van der Waals surface area contributed by atoms with Gasteiger partial charge in [-0.25, -0.2) is 0 Å². The van der Waals surface area contributed by atoms with E-state index in [9.17, 15) is 4.79 Å². The van der Waals surface area contributed by atoms with E-state index in [4.69, 9.17) is 8.85 Å². The molecule has 0 saturated heterocycles. The molecule has 0 spiro atoms. The second-order valence-corrected chi connectivity index (χ2v) is 27.2. The third-order valence-electron chi connectivity index (χ3n) is 13.6. The van der Waals surface area contributed by atoms with Gasteiger partial charge in [0.2, 0.25) is 0 Å². The fourth-order valence-electron chi connectivity index (χ4n) is 9.29. The lowest BCUT2D eigenvalue weighted by atomic mass is 9.44. The van der Waals surface area contributed by atoms with E-state index in [-0.39, 0.29) is 21.4 Å². The Morgan fingerprint density at radius 3 is 1.79 bits per heavy atom. The van der Waals surface area contributed by atoms with Crippen LogP contribution in [0, 0.1) is 40.4 Å². The molecule has 3 nitrogen and oxygen atoms in total. The van der Waals surface area contributed by atoms with E-state index in [0.29, 0.717) is 41.2 Å². The smallest absolute Gasteiger partial charge is 0.192 e. The van der Waals surface area contributed by atoms with Gasteiger partial charge in [0.1, 0.15) is 5.78 Å².